The molecule has 0 saturated heterocycles. The zero-order chi connectivity index (χ0) is 13.1. The van der Waals surface area contributed by atoms with Gasteiger partial charge < -0.3 is 0 Å². The molecule has 0 amide bonds. The normalized spacial score (nSPS) is 10.1. The summed E-state index contributed by atoms with van der Waals surface area (Å²) in [6.07, 6.45) is 0.526. The Morgan fingerprint density at radius 1 is 1.22 bits per heavy atom. The summed E-state index contributed by atoms with van der Waals surface area (Å²) >= 11 is 3.43. The van der Waals surface area contributed by atoms with Gasteiger partial charge >= 0.3 is 0 Å². The van der Waals surface area contributed by atoms with E-state index in [1.54, 1.807) is 12.1 Å². The van der Waals surface area contributed by atoms with Crippen LogP contribution in [0.5, 0.6) is 0 Å². The number of nitrogens with zero attached hydrogens (tertiary/aromatic N) is 1. The standard InChI is InChI=1S/C15H11BrFN/c1-10-4-12(7-14(16)5-10)6-13-3-2-11(9-18)8-15(13)17/h2-5,7-8H,6H2,1H3. The fourth-order valence-electron chi connectivity index (χ4n) is 1.89. The van der Waals surface area contributed by atoms with Gasteiger partial charge in [0.15, 0.2) is 0 Å². The van der Waals surface area contributed by atoms with Crippen molar-refractivity contribution in [2.45, 2.75) is 13.3 Å². The van der Waals surface area contributed by atoms with Crippen LogP contribution in [0.15, 0.2) is 40.9 Å². The Labute approximate surface area is 114 Å². The van der Waals surface area contributed by atoms with Crippen molar-refractivity contribution in [2.75, 3.05) is 0 Å². The van der Waals surface area contributed by atoms with E-state index < -0.39 is 0 Å². The zero-order valence-corrected chi connectivity index (χ0v) is 11.5. The van der Waals surface area contributed by atoms with Crippen molar-refractivity contribution in [1.82, 2.24) is 0 Å². The minimum Gasteiger partial charge on any atom is -0.207 e. The third-order valence-electron chi connectivity index (χ3n) is 2.68. The summed E-state index contributed by atoms with van der Waals surface area (Å²) in [5.41, 5.74) is 3.13. The smallest absolute Gasteiger partial charge is 0.128 e. The van der Waals surface area contributed by atoms with E-state index in [9.17, 15) is 4.39 Å². The summed E-state index contributed by atoms with van der Waals surface area (Å²) in [6.45, 7) is 2.00. The van der Waals surface area contributed by atoms with Crippen LogP contribution in [0.2, 0.25) is 0 Å². The lowest BCUT2D eigenvalue weighted by atomic mass is 10.0. The van der Waals surface area contributed by atoms with Gasteiger partial charge in [-0.15, -0.1) is 0 Å². The number of nitriles is 1. The number of halogens is 2. The van der Waals surface area contributed by atoms with E-state index >= 15 is 0 Å². The fourth-order valence-corrected chi connectivity index (χ4v) is 2.55. The summed E-state index contributed by atoms with van der Waals surface area (Å²) in [4.78, 5) is 0. The Morgan fingerprint density at radius 2 is 2.00 bits per heavy atom. The average Bonchev–Trinajstić information content (AvgIpc) is 2.30. The van der Waals surface area contributed by atoms with Gasteiger partial charge in [-0.1, -0.05) is 28.1 Å². The first-order chi connectivity index (χ1) is 8.58. The first-order valence-electron chi connectivity index (χ1n) is 5.53. The van der Waals surface area contributed by atoms with Gasteiger partial charge in [-0.05, 0) is 47.9 Å². The van der Waals surface area contributed by atoms with E-state index in [-0.39, 0.29) is 5.82 Å². The van der Waals surface area contributed by atoms with E-state index in [1.165, 1.54) is 6.07 Å². The van der Waals surface area contributed by atoms with Crippen molar-refractivity contribution in [3.63, 3.8) is 0 Å². The van der Waals surface area contributed by atoms with Gasteiger partial charge in [-0.2, -0.15) is 5.26 Å². The first-order valence-corrected chi connectivity index (χ1v) is 6.32. The van der Waals surface area contributed by atoms with Gasteiger partial charge in [0.2, 0.25) is 0 Å². The molecule has 0 N–H and O–H groups in total. The number of benzene rings is 2. The highest BCUT2D eigenvalue weighted by molar-refractivity contribution is 9.10. The van der Waals surface area contributed by atoms with Crippen molar-refractivity contribution in [1.29, 1.82) is 5.26 Å². The molecule has 0 aromatic heterocycles. The van der Waals surface area contributed by atoms with Crippen LogP contribution in [-0.2, 0) is 6.42 Å². The Balaban J connectivity index is 2.31. The molecule has 2 aromatic rings. The molecule has 1 nitrogen and oxygen atoms in total. The molecule has 0 saturated carbocycles. The molecule has 18 heavy (non-hydrogen) atoms. The molecule has 90 valence electrons. The molecule has 0 aliphatic rings. The van der Waals surface area contributed by atoms with Gasteiger partial charge in [0.05, 0.1) is 11.6 Å². The predicted octanol–water partition coefficient (Wildman–Crippen LogP) is 4.36. The van der Waals surface area contributed by atoms with Crippen LogP contribution in [-0.4, -0.2) is 0 Å². The van der Waals surface area contributed by atoms with E-state index in [1.807, 2.05) is 31.2 Å². The molecule has 0 spiro atoms. The summed E-state index contributed by atoms with van der Waals surface area (Å²) in [6, 6.07) is 12.5. The molecule has 0 atom stereocenters. The van der Waals surface area contributed by atoms with Crippen LogP contribution in [0.25, 0.3) is 0 Å². The molecule has 0 bridgehead atoms. The summed E-state index contributed by atoms with van der Waals surface area (Å²) < 4.78 is 14.8. The summed E-state index contributed by atoms with van der Waals surface area (Å²) in [7, 11) is 0. The topological polar surface area (TPSA) is 23.8 Å². The average molecular weight is 304 g/mol. The van der Waals surface area contributed by atoms with Gasteiger partial charge in [0.25, 0.3) is 0 Å². The molecule has 0 unspecified atom stereocenters. The van der Waals surface area contributed by atoms with Crippen molar-refractivity contribution < 1.29 is 4.39 Å². The zero-order valence-electron chi connectivity index (χ0n) is 9.87. The quantitative estimate of drug-likeness (QED) is 0.808. The predicted molar refractivity (Wildman–Crippen MR) is 72.8 cm³/mol. The monoisotopic (exact) mass is 303 g/mol. The molecule has 0 aliphatic carbocycles. The second-order valence-electron chi connectivity index (χ2n) is 4.23. The SMILES string of the molecule is Cc1cc(Br)cc(Cc2ccc(C#N)cc2F)c1. The Morgan fingerprint density at radius 3 is 2.61 bits per heavy atom. The lowest BCUT2D eigenvalue weighted by molar-refractivity contribution is 0.613. The van der Waals surface area contributed by atoms with E-state index in [4.69, 9.17) is 5.26 Å². The summed E-state index contributed by atoms with van der Waals surface area (Å²) in [5, 5.41) is 8.69. The maximum atomic E-state index is 13.8. The van der Waals surface area contributed by atoms with E-state index in [0.29, 0.717) is 17.5 Å². The molecule has 2 rings (SSSR count). The molecule has 0 radical (unpaired) electrons. The lowest BCUT2D eigenvalue weighted by Gasteiger charge is -2.06. The van der Waals surface area contributed by atoms with Gasteiger partial charge in [-0.3, -0.25) is 0 Å². The van der Waals surface area contributed by atoms with Gasteiger partial charge in [0.1, 0.15) is 5.82 Å². The van der Waals surface area contributed by atoms with Crippen LogP contribution >= 0.6 is 15.9 Å². The van der Waals surface area contributed by atoms with Gasteiger partial charge in [-0.25, -0.2) is 4.39 Å². The number of aryl methyl sites for hydroxylation is 1. The van der Waals surface area contributed by atoms with Crippen LogP contribution in [0.4, 0.5) is 4.39 Å². The molecule has 3 heteroatoms. The van der Waals surface area contributed by atoms with Crippen molar-refractivity contribution in [3.8, 4) is 6.07 Å². The number of hydrogen-bond acceptors (Lipinski definition) is 1. The maximum absolute atomic E-state index is 13.8. The molecular formula is C15H11BrFN. The number of rotatable bonds is 2. The Hall–Kier alpha value is -1.66. The fraction of sp³-hybridized carbons (Fsp3) is 0.133. The molecular weight excluding hydrogens is 293 g/mol. The molecule has 0 fully saturated rings. The largest absolute Gasteiger partial charge is 0.207 e. The molecule has 2 aromatic carbocycles. The second kappa shape index (κ2) is 5.32. The van der Waals surface area contributed by atoms with Crippen molar-refractivity contribution in [2.24, 2.45) is 0 Å². The van der Waals surface area contributed by atoms with Crippen LogP contribution in [0.3, 0.4) is 0 Å². The first kappa shape index (κ1) is 12.8. The van der Waals surface area contributed by atoms with Crippen LogP contribution in [0.1, 0.15) is 22.3 Å². The number of hydrogen-bond donors (Lipinski definition) is 0. The van der Waals surface area contributed by atoms with Crippen molar-refractivity contribution in [3.05, 3.63) is 68.9 Å². The summed E-state index contributed by atoms with van der Waals surface area (Å²) in [5.74, 6) is -0.327. The Kier molecular flexibility index (Phi) is 3.78. The third-order valence-corrected chi connectivity index (χ3v) is 3.14. The van der Waals surface area contributed by atoms with Gasteiger partial charge in [0, 0.05) is 10.9 Å². The third kappa shape index (κ3) is 2.96. The highest BCUT2D eigenvalue weighted by atomic mass is 79.9. The van der Waals surface area contributed by atoms with Crippen molar-refractivity contribution >= 4 is 15.9 Å². The lowest BCUT2D eigenvalue weighted by Crippen LogP contribution is -1.94. The molecule has 0 heterocycles. The minimum atomic E-state index is -0.327. The highest BCUT2D eigenvalue weighted by Crippen LogP contribution is 2.20. The molecule has 0 aliphatic heterocycles. The second-order valence-corrected chi connectivity index (χ2v) is 5.15. The van der Waals surface area contributed by atoms with E-state index in [0.717, 1.165) is 15.6 Å². The Bertz CT molecular complexity index is 609. The highest BCUT2D eigenvalue weighted by Gasteiger charge is 2.05. The van der Waals surface area contributed by atoms with E-state index in [2.05, 4.69) is 15.9 Å². The van der Waals surface area contributed by atoms with Crippen LogP contribution in [0, 0.1) is 24.1 Å². The minimum absolute atomic E-state index is 0.327. The maximum Gasteiger partial charge on any atom is 0.128 e. The van der Waals surface area contributed by atoms with Crippen LogP contribution < -0.4 is 0 Å².